The van der Waals surface area contributed by atoms with Crippen LogP contribution in [0.5, 0.6) is 0 Å². The number of furan rings is 1. The minimum absolute atomic E-state index is 0.0344. The maximum absolute atomic E-state index is 12.7. The molecule has 5 rings (SSSR count). The van der Waals surface area contributed by atoms with E-state index in [0.717, 1.165) is 31.8 Å². The number of nitrogens with zero attached hydrogens (tertiary/aromatic N) is 6. The number of aromatic nitrogens is 4. The minimum Gasteiger partial charge on any atom is -0.459 e. The van der Waals surface area contributed by atoms with E-state index in [4.69, 9.17) is 4.42 Å². The zero-order valence-corrected chi connectivity index (χ0v) is 19.7. The minimum atomic E-state index is -0.0344. The van der Waals surface area contributed by atoms with Crippen LogP contribution < -0.4 is 0 Å². The van der Waals surface area contributed by atoms with Crippen molar-refractivity contribution >= 4 is 17.7 Å². The van der Waals surface area contributed by atoms with Crippen molar-refractivity contribution in [3.8, 4) is 0 Å². The molecule has 0 saturated carbocycles. The third kappa shape index (κ3) is 4.70. The van der Waals surface area contributed by atoms with Crippen molar-refractivity contribution in [2.75, 3.05) is 37.7 Å². The van der Waals surface area contributed by atoms with Gasteiger partial charge in [0.1, 0.15) is 0 Å². The third-order valence-corrected chi connectivity index (χ3v) is 7.92. The van der Waals surface area contributed by atoms with Crippen LogP contribution in [0.3, 0.4) is 0 Å². The molecule has 0 N–H and O–H groups in total. The van der Waals surface area contributed by atoms with E-state index >= 15 is 0 Å². The highest BCUT2D eigenvalue weighted by atomic mass is 32.2. The summed E-state index contributed by atoms with van der Waals surface area (Å²) in [7, 11) is 0. The summed E-state index contributed by atoms with van der Waals surface area (Å²) in [5.41, 5.74) is 1.19. The number of carbonyl (C=O) groups excluding carboxylic acids is 1. The first kappa shape index (κ1) is 22.2. The molecule has 1 amide bonds. The van der Waals surface area contributed by atoms with Crippen molar-refractivity contribution in [1.29, 1.82) is 0 Å². The zero-order valence-electron chi connectivity index (χ0n) is 18.9. The molecular weight excluding hydrogens is 436 g/mol. The molecule has 2 unspecified atom stereocenters. The van der Waals surface area contributed by atoms with E-state index < -0.39 is 0 Å². The average molecular weight is 467 g/mol. The van der Waals surface area contributed by atoms with Crippen LogP contribution in [0.15, 0.2) is 53.1 Å². The molecule has 2 aliphatic rings. The lowest BCUT2D eigenvalue weighted by Gasteiger charge is -2.42. The van der Waals surface area contributed by atoms with Crippen LogP contribution in [0.1, 0.15) is 53.8 Å². The van der Waals surface area contributed by atoms with Crippen LogP contribution in [-0.4, -0.2) is 73.6 Å². The van der Waals surface area contributed by atoms with Gasteiger partial charge in [0.05, 0.1) is 18.3 Å². The molecule has 4 heterocycles. The molecule has 3 aromatic rings. The van der Waals surface area contributed by atoms with Crippen molar-refractivity contribution < 1.29 is 9.21 Å². The summed E-state index contributed by atoms with van der Waals surface area (Å²) in [5, 5.41) is 13.1. The number of amides is 1. The Hall–Kier alpha value is -2.65. The number of benzene rings is 1. The molecule has 2 saturated heterocycles. The Morgan fingerprint density at radius 1 is 1.06 bits per heavy atom. The van der Waals surface area contributed by atoms with Crippen LogP contribution in [0, 0.1) is 5.92 Å². The zero-order chi connectivity index (χ0) is 22.6. The summed E-state index contributed by atoms with van der Waals surface area (Å²) in [6.07, 6.45) is 3.87. The van der Waals surface area contributed by atoms with Crippen molar-refractivity contribution in [3.05, 3.63) is 65.9 Å². The summed E-state index contributed by atoms with van der Waals surface area (Å²) < 4.78 is 7.33. The lowest BCUT2D eigenvalue weighted by atomic mass is 9.90. The summed E-state index contributed by atoms with van der Waals surface area (Å²) in [6, 6.07) is 14.1. The monoisotopic (exact) mass is 466 g/mol. The van der Waals surface area contributed by atoms with Gasteiger partial charge < -0.3 is 9.32 Å². The van der Waals surface area contributed by atoms with Gasteiger partial charge in [0.25, 0.3) is 5.91 Å². The number of piperazine rings is 1. The molecule has 2 aliphatic heterocycles. The molecular formula is C24H30N6O2S. The smallest absolute Gasteiger partial charge is 0.289 e. The average Bonchev–Trinajstić information content (AvgIpc) is 3.58. The molecule has 1 aromatic carbocycles. The molecule has 0 spiro atoms. The molecule has 0 radical (unpaired) electrons. The fraction of sp³-hybridized carbons (Fsp3) is 0.500. The van der Waals surface area contributed by atoms with Gasteiger partial charge in [-0.2, -0.15) is 11.8 Å². The molecule has 8 nitrogen and oxygen atoms in total. The van der Waals surface area contributed by atoms with Gasteiger partial charge >= 0.3 is 0 Å². The van der Waals surface area contributed by atoms with Crippen LogP contribution in [0.25, 0.3) is 0 Å². The van der Waals surface area contributed by atoms with Gasteiger partial charge in [-0.15, -0.1) is 5.10 Å². The maximum atomic E-state index is 12.7. The normalized spacial score (nSPS) is 20.0. The molecule has 0 bridgehead atoms. The predicted molar refractivity (Wildman–Crippen MR) is 127 cm³/mol. The first-order valence-corrected chi connectivity index (χ1v) is 12.8. The van der Waals surface area contributed by atoms with E-state index in [-0.39, 0.29) is 18.0 Å². The third-order valence-electron chi connectivity index (χ3n) is 6.87. The van der Waals surface area contributed by atoms with Crippen molar-refractivity contribution in [1.82, 2.24) is 30.0 Å². The molecule has 174 valence electrons. The summed E-state index contributed by atoms with van der Waals surface area (Å²) in [6.45, 7) is 5.10. The lowest BCUT2D eigenvalue weighted by Crippen LogP contribution is -2.51. The molecule has 2 aromatic heterocycles. The second-order valence-corrected chi connectivity index (χ2v) is 9.99. The standard InChI is InChI=1S/C24H30N6O2S/c1-18(19-6-3-2-4-7-19)30-23(25-26-27-30)22(20-9-16-33-17-10-20)28-11-13-29(14-12-28)24(31)21-8-5-15-32-21/h2-8,15,18,20,22H,9-14,16-17H2,1H3. The second-order valence-electron chi connectivity index (χ2n) is 8.77. The Labute approximate surface area is 198 Å². The molecule has 2 fully saturated rings. The largest absolute Gasteiger partial charge is 0.459 e. The van der Waals surface area contributed by atoms with E-state index in [0.29, 0.717) is 24.8 Å². The number of hydrogen-bond acceptors (Lipinski definition) is 7. The van der Waals surface area contributed by atoms with Gasteiger partial charge in [0, 0.05) is 26.2 Å². The van der Waals surface area contributed by atoms with Gasteiger partial charge in [0.2, 0.25) is 0 Å². The van der Waals surface area contributed by atoms with Crippen molar-refractivity contribution in [2.45, 2.75) is 31.8 Å². The summed E-state index contributed by atoms with van der Waals surface area (Å²) in [5.74, 6) is 4.17. The lowest BCUT2D eigenvalue weighted by molar-refractivity contribution is 0.0421. The Morgan fingerprint density at radius 3 is 2.52 bits per heavy atom. The first-order valence-electron chi connectivity index (χ1n) is 11.7. The maximum Gasteiger partial charge on any atom is 0.289 e. The number of tetrazole rings is 1. The van der Waals surface area contributed by atoms with E-state index in [1.807, 2.05) is 27.4 Å². The van der Waals surface area contributed by atoms with Gasteiger partial charge in [-0.1, -0.05) is 30.3 Å². The van der Waals surface area contributed by atoms with Crippen molar-refractivity contribution in [2.24, 2.45) is 5.92 Å². The fourth-order valence-electron chi connectivity index (χ4n) is 5.01. The van der Waals surface area contributed by atoms with E-state index in [1.54, 1.807) is 18.4 Å². The Bertz CT molecular complexity index is 1030. The van der Waals surface area contributed by atoms with Gasteiger partial charge in [-0.25, -0.2) is 4.68 Å². The number of hydrogen-bond donors (Lipinski definition) is 0. The van der Waals surface area contributed by atoms with Crippen molar-refractivity contribution in [3.63, 3.8) is 0 Å². The van der Waals surface area contributed by atoms with Gasteiger partial charge in [-0.05, 0) is 65.3 Å². The Kier molecular flexibility index (Phi) is 6.78. The first-order chi connectivity index (χ1) is 16.2. The van der Waals surface area contributed by atoms with Crippen LogP contribution in [0.2, 0.25) is 0 Å². The Balaban J connectivity index is 1.38. The number of carbonyl (C=O) groups is 1. The van der Waals surface area contributed by atoms with Gasteiger partial charge in [0.15, 0.2) is 11.6 Å². The molecule has 9 heteroatoms. The predicted octanol–water partition coefficient (Wildman–Crippen LogP) is 3.52. The Morgan fingerprint density at radius 2 is 1.82 bits per heavy atom. The fourth-order valence-corrected chi connectivity index (χ4v) is 6.15. The summed E-state index contributed by atoms with van der Waals surface area (Å²) >= 11 is 2.03. The van der Waals surface area contributed by atoms with E-state index in [9.17, 15) is 4.79 Å². The van der Waals surface area contributed by atoms with E-state index in [1.165, 1.54) is 17.1 Å². The quantitative estimate of drug-likeness (QED) is 0.550. The SMILES string of the molecule is CC(c1ccccc1)n1nnnc1C(C1CCSCC1)N1CCN(C(=O)c2ccco2)CC1. The number of rotatable bonds is 6. The topological polar surface area (TPSA) is 80.3 Å². The molecule has 2 atom stereocenters. The second kappa shape index (κ2) is 10.1. The molecule has 33 heavy (non-hydrogen) atoms. The summed E-state index contributed by atoms with van der Waals surface area (Å²) in [4.78, 5) is 17.1. The highest BCUT2D eigenvalue weighted by molar-refractivity contribution is 7.99. The van der Waals surface area contributed by atoms with Gasteiger partial charge in [-0.3, -0.25) is 9.69 Å². The molecule has 0 aliphatic carbocycles. The van der Waals surface area contributed by atoms with Crippen LogP contribution >= 0.6 is 11.8 Å². The highest BCUT2D eigenvalue weighted by Crippen LogP contribution is 2.38. The highest BCUT2D eigenvalue weighted by Gasteiger charge is 2.37. The van der Waals surface area contributed by atoms with E-state index in [2.05, 4.69) is 51.6 Å². The van der Waals surface area contributed by atoms with Crippen LogP contribution in [0.4, 0.5) is 0 Å². The number of thioether (sulfide) groups is 1. The van der Waals surface area contributed by atoms with Crippen LogP contribution in [-0.2, 0) is 0 Å².